The van der Waals surface area contributed by atoms with E-state index in [-0.39, 0.29) is 5.69 Å². The Morgan fingerprint density at radius 3 is 2.60 bits per heavy atom. The Morgan fingerprint density at radius 1 is 1.20 bits per heavy atom. The molecule has 1 amide bonds. The molecule has 2 N–H and O–H groups in total. The second-order valence-electron chi connectivity index (χ2n) is 7.38. The smallest absolute Gasteiger partial charge is 0.269 e. The summed E-state index contributed by atoms with van der Waals surface area (Å²) in [5, 5.41) is 12.1. The number of alkyl halides is 2. The van der Waals surface area contributed by atoms with Crippen molar-refractivity contribution in [1.82, 2.24) is 9.72 Å². The molecule has 8 heteroatoms. The number of carbonyl (C=O) groups is 1. The molecule has 0 aliphatic carbocycles. The van der Waals surface area contributed by atoms with E-state index in [1.165, 1.54) is 6.92 Å². The Morgan fingerprint density at radius 2 is 1.93 bits per heavy atom. The number of aliphatic hydroxyl groups is 1. The van der Waals surface area contributed by atoms with Gasteiger partial charge < -0.3 is 24.3 Å². The molecule has 2 heterocycles. The number of hydrogen-bond acceptors (Lipinski definition) is 4. The van der Waals surface area contributed by atoms with E-state index in [2.05, 4.69) is 5.32 Å². The van der Waals surface area contributed by atoms with Crippen molar-refractivity contribution in [2.45, 2.75) is 32.2 Å². The summed E-state index contributed by atoms with van der Waals surface area (Å²) in [6.07, 6.45) is -1.66. The fourth-order valence-electron chi connectivity index (χ4n) is 3.26. The fraction of sp³-hybridized carbons (Fsp3) is 0.318. The zero-order valence-corrected chi connectivity index (χ0v) is 17.0. The molecule has 3 rings (SSSR count). The number of ether oxygens (including phenoxy) is 2. The number of fused-ring (bicyclic) bond motifs is 1. The van der Waals surface area contributed by atoms with Crippen LogP contribution in [0.3, 0.4) is 0 Å². The van der Waals surface area contributed by atoms with Gasteiger partial charge in [-0.05, 0) is 49.7 Å². The molecule has 3 aromatic rings. The first kappa shape index (κ1) is 21.6. The number of methoxy groups -OCH3 is 1. The first-order valence-electron chi connectivity index (χ1n) is 9.40. The lowest BCUT2D eigenvalue weighted by atomic mass is 9.99. The summed E-state index contributed by atoms with van der Waals surface area (Å²) >= 11 is 0. The number of benzene rings is 1. The molecule has 0 saturated carbocycles. The zero-order valence-electron chi connectivity index (χ0n) is 17.0. The molecule has 0 aliphatic rings. The van der Waals surface area contributed by atoms with Crippen molar-refractivity contribution in [1.29, 1.82) is 0 Å². The van der Waals surface area contributed by atoms with Gasteiger partial charge in [0.25, 0.3) is 5.91 Å². The Balaban J connectivity index is 1.92. The van der Waals surface area contributed by atoms with E-state index in [9.17, 15) is 18.7 Å². The van der Waals surface area contributed by atoms with Crippen LogP contribution in [0.2, 0.25) is 0 Å². The number of halogens is 2. The van der Waals surface area contributed by atoms with Crippen molar-refractivity contribution in [3.8, 4) is 17.2 Å². The van der Waals surface area contributed by atoms with E-state index in [1.54, 1.807) is 61.0 Å². The lowest BCUT2D eigenvalue weighted by Crippen LogP contribution is -2.50. The molecule has 0 aliphatic heterocycles. The third kappa shape index (κ3) is 4.71. The van der Waals surface area contributed by atoms with Crippen molar-refractivity contribution in [2.24, 2.45) is 0 Å². The standard InChI is InChI=1S/C22H24F2N2O4/c1-14-9-15-7-8-18(30-17-6-4-5-16(10-17)29-3)12-26(15)20(14)21(28)25-22(2,13-27)11-19(23)24/h4-10,12,19,27H,11,13H2,1-3H3,(H,25,28). The highest BCUT2D eigenvalue weighted by atomic mass is 19.3. The minimum atomic E-state index is -2.66. The van der Waals surface area contributed by atoms with Gasteiger partial charge in [-0.1, -0.05) is 6.07 Å². The van der Waals surface area contributed by atoms with Crippen molar-refractivity contribution in [3.63, 3.8) is 0 Å². The number of hydrogen-bond donors (Lipinski definition) is 2. The van der Waals surface area contributed by atoms with Crippen LogP contribution in [0.15, 0.2) is 48.7 Å². The monoisotopic (exact) mass is 418 g/mol. The van der Waals surface area contributed by atoms with Gasteiger partial charge in [0.1, 0.15) is 22.9 Å². The first-order valence-corrected chi connectivity index (χ1v) is 9.40. The van der Waals surface area contributed by atoms with Gasteiger partial charge in [0.05, 0.1) is 25.5 Å². The van der Waals surface area contributed by atoms with Gasteiger partial charge in [-0.3, -0.25) is 4.79 Å². The second kappa shape index (κ2) is 8.71. The summed E-state index contributed by atoms with van der Waals surface area (Å²) in [6.45, 7) is 2.54. The van der Waals surface area contributed by atoms with E-state index in [1.807, 2.05) is 6.07 Å². The summed E-state index contributed by atoms with van der Waals surface area (Å²) in [4.78, 5) is 12.9. The minimum Gasteiger partial charge on any atom is -0.497 e. The molecule has 2 aromatic heterocycles. The van der Waals surface area contributed by atoms with E-state index in [0.29, 0.717) is 22.8 Å². The molecule has 0 fully saturated rings. The van der Waals surface area contributed by atoms with Crippen LogP contribution in [0.25, 0.3) is 5.52 Å². The van der Waals surface area contributed by atoms with Gasteiger partial charge in [0.15, 0.2) is 0 Å². The van der Waals surface area contributed by atoms with E-state index >= 15 is 0 Å². The molecule has 0 radical (unpaired) electrons. The number of amides is 1. The van der Waals surface area contributed by atoms with Crippen LogP contribution >= 0.6 is 0 Å². The Labute approximate surface area is 173 Å². The Hall–Kier alpha value is -3.13. The predicted octanol–water partition coefficient (Wildman–Crippen LogP) is 4.18. The summed E-state index contributed by atoms with van der Waals surface area (Å²) in [5.74, 6) is 1.14. The Kier molecular flexibility index (Phi) is 6.26. The third-order valence-corrected chi connectivity index (χ3v) is 4.79. The van der Waals surface area contributed by atoms with E-state index in [4.69, 9.17) is 9.47 Å². The van der Waals surface area contributed by atoms with Crippen LogP contribution in [0.1, 0.15) is 29.4 Å². The van der Waals surface area contributed by atoms with Crippen molar-refractivity contribution in [3.05, 3.63) is 59.9 Å². The Bertz CT molecular complexity index is 1050. The SMILES string of the molecule is COc1cccc(Oc2ccc3cc(C)c(C(=O)NC(C)(CO)CC(F)F)n3c2)c1. The maximum atomic E-state index is 12.9. The molecule has 1 aromatic carbocycles. The molecular weight excluding hydrogens is 394 g/mol. The highest BCUT2D eigenvalue weighted by Crippen LogP contribution is 2.27. The summed E-state index contributed by atoms with van der Waals surface area (Å²) < 4.78 is 38.4. The molecule has 160 valence electrons. The lowest BCUT2D eigenvalue weighted by Gasteiger charge is -2.28. The van der Waals surface area contributed by atoms with Crippen LogP contribution in [0, 0.1) is 6.92 Å². The maximum Gasteiger partial charge on any atom is 0.269 e. The topological polar surface area (TPSA) is 72.2 Å². The number of pyridine rings is 1. The molecular formula is C22H24F2N2O4. The molecule has 1 atom stereocenters. The quantitative estimate of drug-likeness (QED) is 0.576. The van der Waals surface area contributed by atoms with Gasteiger partial charge in [-0.2, -0.15) is 0 Å². The molecule has 0 bridgehead atoms. The second-order valence-corrected chi connectivity index (χ2v) is 7.38. The largest absolute Gasteiger partial charge is 0.497 e. The third-order valence-electron chi connectivity index (χ3n) is 4.79. The van der Waals surface area contributed by atoms with Gasteiger partial charge in [0.2, 0.25) is 6.43 Å². The number of aromatic nitrogens is 1. The average Bonchev–Trinajstić information content (AvgIpc) is 3.02. The van der Waals surface area contributed by atoms with Crippen LogP contribution in [-0.4, -0.2) is 41.1 Å². The predicted molar refractivity (Wildman–Crippen MR) is 109 cm³/mol. The number of nitrogens with one attached hydrogen (secondary N) is 1. The molecule has 0 saturated heterocycles. The van der Waals surface area contributed by atoms with E-state index < -0.39 is 30.9 Å². The van der Waals surface area contributed by atoms with Crippen molar-refractivity contribution < 1.29 is 28.2 Å². The van der Waals surface area contributed by atoms with Crippen molar-refractivity contribution in [2.75, 3.05) is 13.7 Å². The molecule has 0 spiro atoms. The number of rotatable bonds is 8. The highest BCUT2D eigenvalue weighted by molar-refractivity contribution is 5.96. The van der Waals surface area contributed by atoms with Gasteiger partial charge in [0, 0.05) is 18.0 Å². The van der Waals surface area contributed by atoms with Crippen LogP contribution in [0.5, 0.6) is 17.2 Å². The number of aryl methyl sites for hydroxylation is 1. The summed E-state index contributed by atoms with van der Waals surface area (Å²) in [7, 11) is 1.56. The van der Waals surface area contributed by atoms with E-state index in [0.717, 1.165) is 5.52 Å². The summed E-state index contributed by atoms with van der Waals surface area (Å²) in [5.41, 5.74) is 0.268. The lowest BCUT2D eigenvalue weighted by molar-refractivity contribution is 0.0582. The number of carbonyl (C=O) groups excluding carboxylic acids is 1. The zero-order chi connectivity index (χ0) is 21.9. The van der Waals surface area contributed by atoms with Crippen LogP contribution < -0.4 is 14.8 Å². The molecule has 30 heavy (non-hydrogen) atoms. The average molecular weight is 418 g/mol. The highest BCUT2D eigenvalue weighted by Gasteiger charge is 2.31. The van der Waals surface area contributed by atoms with Crippen molar-refractivity contribution >= 4 is 11.4 Å². The number of aliphatic hydroxyl groups excluding tert-OH is 1. The normalized spacial score (nSPS) is 13.3. The first-order chi connectivity index (χ1) is 14.2. The minimum absolute atomic E-state index is 0.287. The van der Waals surface area contributed by atoms with Crippen LogP contribution in [0.4, 0.5) is 8.78 Å². The molecule has 6 nitrogen and oxygen atoms in total. The number of nitrogens with zero attached hydrogens (tertiary/aromatic N) is 1. The summed E-state index contributed by atoms with van der Waals surface area (Å²) in [6, 6.07) is 12.5. The van der Waals surface area contributed by atoms with Gasteiger partial charge in [-0.15, -0.1) is 0 Å². The van der Waals surface area contributed by atoms with Crippen LogP contribution in [-0.2, 0) is 0 Å². The van der Waals surface area contributed by atoms with Gasteiger partial charge >= 0.3 is 0 Å². The maximum absolute atomic E-state index is 12.9. The van der Waals surface area contributed by atoms with Gasteiger partial charge in [-0.25, -0.2) is 8.78 Å². The fourth-order valence-corrected chi connectivity index (χ4v) is 3.26. The molecule has 1 unspecified atom stereocenters.